The summed E-state index contributed by atoms with van der Waals surface area (Å²) in [4.78, 5) is 4.77. The van der Waals surface area contributed by atoms with Crippen molar-refractivity contribution < 1.29 is 14.0 Å². The number of ether oxygens (including phenoxy) is 2. The molecule has 0 aliphatic carbocycles. The lowest BCUT2D eigenvalue weighted by molar-refractivity contribution is -0.0390. The molecule has 1 aromatic carbocycles. The van der Waals surface area contributed by atoms with Crippen LogP contribution >= 0.6 is 0 Å². The molecule has 1 fully saturated rings. The fourth-order valence-electron chi connectivity index (χ4n) is 3.70. The molecule has 0 spiro atoms. The molecule has 31 heavy (non-hydrogen) atoms. The number of nitrogens with one attached hydrogen (secondary N) is 2. The van der Waals surface area contributed by atoms with Crippen molar-refractivity contribution in [3.63, 3.8) is 0 Å². The fraction of sp³-hybridized carbons (Fsp3) is 0.583. The molecular formula is C24H36N4O3. The summed E-state index contributed by atoms with van der Waals surface area (Å²) >= 11 is 0. The lowest BCUT2D eigenvalue weighted by Crippen LogP contribution is -2.37. The molecule has 1 aliphatic rings. The molecule has 0 radical (unpaired) electrons. The van der Waals surface area contributed by atoms with Crippen LogP contribution < -0.4 is 10.6 Å². The molecule has 0 bridgehead atoms. The van der Waals surface area contributed by atoms with E-state index in [0.717, 1.165) is 68.4 Å². The Morgan fingerprint density at radius 1 is 1.13 bits per heavy atom. The number of hydrogen-bond acceptors (Lipinski definition) is 5. The molecule has 2 heterocycles. The first-order chi connectivity index (χ1) is 15.2. The first-order valence-corrected chi connectivity index (χ1v) is 11.5. The molecule has 1 saturated heterocycles. The summed E-state index contributed by atoms with van der Waals surface area (Å²) in [6, 6.07) is 8.47. The normalized spacial score (nSPS) is 15.3. The van der Waals surface area contributed by atoms with Crippen molar-refractivity contribution in [2.24, 2.45) is 4.99 Å². The molecule has 1 aromatic heterocycles. The first-order valence-electron chi connectivity index (χ1n) is 11.5. The number of hydrogen-bond donors (Lipinski definition) is 2. The maximum atomic E-state index is 6.06. The Morgan fingerprint density at radius 2 is 1.94 bits per heavy atom. The second kappa shape index (κ2) is 12.5. The minimum absolute atomic E-state index is 0.304. The van der Waals surface area contributed by atoms with Gasteiger partial charge in [-0.3, -0.25) is 0 Å². The minimum atomic E-state index is 0.304. The Kier molecular flexibility index (Phi) is 9.37. The van der Waals surface area contributed by atoms with Crippen molar-refractivity contribution in [2.75, 3.05) is 19.8 Å². The molecule has 7 heteroatoms. The highest BCUT2D eigenvalue weighted by atomic mass is 16.5. The van der Waals surface area contributed by atoms with E-state index in [9.17, 15) is 0 Å². The third-order valence-corrected chi connectivity index (χ3v) is 5.45. The summed E-state index contributed by atoms with van der Waals surface area (Å²) < 4.78 is 16.9. The zero-order valence-corrected chi connectivity index (χ0v) is 19.1. The van der Waals surface area contributed by atoms with Crippen molar-refractivity contribution in [2.45, 2.75) is 72.3 Å². The van der Waals surface area contributed by atoms with Crippen LogP contribution in [0.4, 0.5) is 0 Å². The van der Waals surface area contributed by atoms with Gasteiger partial charge in [0.1, 0.15) is 5.76 Å². The smallest absolute Gasteiger partial charge is 0.191 e. The molecule has 2 N–H and O–H groups in total. The SMILES string of the molecule is CCNC(=NCc1cccc(COC2CCOCC2)c1)NCc1c(CC)noc1CC. The van der Waals surface area contributed by atoms with Gasteiger partial charge in [-0.2, -0.15) is 0 Å². The first kappa shape index (κ1) is 23.3. The van der Waals surface area contributed by atoms with Gasteiger partial charge in [0.2, 0.25) is 0 Å². The molecule has 1 aliphatic heterocycles. The highest BCUT2D eigenvalue weighted by Gasteiger charge is 2.15. The van der Waals surface area contributed by atoms with Crippen LogP contribution in [0.1, 0.15) is 61.8 Å². The summed E-state index contributed by atoms with van der Waals surface area (Å²) in [5, 5.41) is 10.9. The largest absolute Gasteiger partial charge is 0.381 e. The Hall–Kier alpha value is -2.38. The summed E-state index contributed by atoms with van der Waals surface area (Å²) in [7, 11) is 0. The zero-order chi connectivity index (χ0) is 21.9. The van der Waals surface area contributed by atoms with Gasteiger partial charge < -0.3 is 24.6 Å². The quantitative estimate of drug-likeness (QED) is 0.443. The monoisotopic (exact) mass is 428 g/mol. The lowest BCUT2D eigenvalue weighted by atomic mass is 10.1. The Labute approximate surface area is 185 Å². The van der Waals surface area contributed by atoms with Crippen molar-refractivity contribution in [1.82, 2.24) is 15.8 Å². The Balaban J connectivity index is 1.57. The van der Waals surface area contributed by atoms with Gasteiger partial charge in [0, 0.05) is 38.3 Å². The molecule has 0 atom stereocenters. The number of aromatic nitrogens is 1. The van der Waals surface area contributed by atoms with Crippen LogP contribution in [0.15, 0.2) is 33.8 Å². The molecule has 7 nitrogen and oxygen atoms in total. The highest BCUT2D eigenvalue weighted by molar-refractivity contribution is 5.79. The fourth-order valence-corrected chi connectivity index (χ4v) is 3.70. The number of benzene rings is 1. The van der Waals surface area contributed by atoms with E-state index in [1.807, 2.05) is 0 Å². The van der Waals surface area contributed by atoms with E-state index in [1.165, 1.54) is 11.1 Å². The molecule has 3 rings (SSSR count). The Morgan fingerprint density at radius 3 is 2.68 bits per heavy atom. The van der Waals surface area contributed by atoms with Crippen LogP contribution in [0.5, 0.6) is 0 Å². The highest BCUT2D eigenvalue weighted by Crippen LogP contribution is 2.16. The van der Waals surface area contributed by atoms with Gasteiger partial charge in [-0.1, -0.05) is 43.3 Å². The molecule has 0 unspecified atom stereocenters. The van der Waals surface area contributed by atoms with Gasteiger partial charge in [-0.15, -0.1) is 0 Å². The van der Waals surface area contributed by atoms with Crippen LogP contribution in [0, 0.1) is 0 Å². The molecule has 2 aromatic rings. The van der Waals surface area contributed by atoms with E-state index in [1.54, 1.807) is 0 Å². The van der Waals surface area contributed by atoms with E-state index >= 15 is 0 Å². The second-order valence-electron chi connectivity index (χ2n) is 7.73. The van der Waals surface area contributed by atoms with Crippen molar-refractivity contribution in [3.05, 3.63) is 52.4 Å². The van der Waals surface area contributed by atoms with Crippen LogP contribution in [-0.2, 0) is 42.0 Å². The summed E-state index contributed by atoms with van der Waals surface area (Å²) in [5.41, 5.74) is 4.50. The number of guanidine groups is 1. The predicted octanol–water partition coefficient (Wildman–Crippen LogP) is 3.75. The molecule has 0 saturated carbocycles. The van der Waals surface area contributed by atoms with E-state index < -0.39 is 0 Å². The maximum absolute atomic E-state index is 6.06. The van der Waals surface area contributed by atoms with Gasteiger partial charge in [0.05, 0.1) is 24.9 Å². The van der Waals surface area contributed by atoms with E-state index in [-0.39, 0.29) is 0 Å². The number of rotatable bonds is 10. The lowest BCUT2D eigenvalue weighted by Gasteiger charge is -2.22. The van der Waals surface area contributed by atoms with Crippen molar-refractivity contribution in [1.29, 1.82) is 0 Å². The van der Waals surface area contributed by atoms with Crippen molar-refractivity contribution >= 4 is 5.96 Å². The van der Waals surface area contributed by atoms with Crippen LogP contribution in [0.3, 0.4) is 0 Å². The van der Waals surface area contributed by atoms with E-state index in [4.69, 9.17) is 19.0 Å². The maximum Gasteiger partial charge on any atom is 0.191 e. The molecular weight excluding hydrogens is 392 g/mol. The molecule has 0 amide bonds. The van der Waals surface area contributed by atoms with Gasteiger partial charge in [-0.25, -0.2) is 4.99 Å². The van der Waals surface area contributed by atoms with E-state index in [2.05, 4.69) is 60.8 Å². The number of nitrogens with zero attached hydrogens (tertiary/aromatic N) is 2. The summed E-state index contributed by atoms with van der Waals surface area (Å²) in [6.45, 7) is 10.5. The topological polar surface area (TPSA) is 80.9 Å². The molecule has 170 valence electrons. The van der Waals surface area contributed by atoms with Crippen LogP contribution in [-0.4, -0.2) is 37.0 Å². The van der Waals surface area contributed by atoms with Crippen LogP contribution in [0.2, 0.25) is 0 Å². The minimum Gasteiger partial charge on any atom is -0.381 e. The summed E-state index contributed by atoms with van der Waals surface area (Å²) in [6.07, 6.45) is 3.96. The van der Waals surface area contributed by atoms with Crippen molar-refractivity contribution in [3.8, 4) is 0 Å². The van der Waals surface area contributed by atoms with Gasteiger partial charge in [-0.05, 0) is 37.3 Å². The number of aryl methyl sites for hydroxylation is 2. The average Bonchev–Trinajstić information content (AvgIpc) is 3.22. The standard InChI is InChI=1S/C24H36N4O3/c1-4-22-21(23(5-2)31-28-22)16-27-24(25-6-3)26-15-18-8-7-9-19(14-18)17-30-20-10-12-29-13-11-20/h7-9,14,20H,4-6,10-13,15-17H2,1-3H3,(H2,25,26,27). The Bertz CT molecular complexity index is 806. The van der Waals surface area contributed by atoms with Gasteiger partial charge >= 0.3 is 0 Å². The zero-order valence-electron chi connectivity index (χ0n) is 19.1. The van der Waals surface area contributed by atoms with Crippen LogP contribution in [0.25, 0.3) is 0 Å². The average molecular weight is 429 g/mol. The van der Waals surface area contributed by atoms with Gasteiger partial charge in [0.25, 0.3) is 0 Å². The number of aliphatic imine (C=N–C) groups is 1. The van der Waals surface area contributed by atoms with E-state index in [0.29, 0.717) is 25.8 Å². The van der Waals surface area contributed by atoms with Gasteiger partial charge in [0.15, 0.2) is 5.96 Å². The summed E-state index contributed by atoms with van der Waals surface area (Å²) in [5.74, 6) is 1.73. The second-order valence-corrected chi connectivity index (χ2v) is 7.73. The third-order valence-electron chi connectivity index (χ3n) is 5.45. The third kappa shape index (κ3) is 7.08. The predicted molar refractivity (Wildman–Crippen MR) is 122 cm³/mol.